The van der Waals surface area contributed by atoms with Crippen LogP contribution in [0, 0.1) is 0 Å². The second-order valence-electron chi connectivity index (χ2n) is 4.14. The first-order valence-electron chi connectivity index (χ1n) is 5.14. The second-order valence-corrected chi connectivity index (χ2v) is 4.14. The Morgan fingerprint density at radius 3 is 1.88 bits per heavy atom. The second kappa shape index (κ2) is 5.84. The van der Waals surface area contributed by atoms with Crippen LogP contribution in [0.5, 0.6) is 0 Å². The maximum atomic E-state index is 11.6. The minimum absolute atomic E-state index is 0.401. The van der Waals surface area contributed by atoms with Gasteiger partial charge in [0.15, 0.2) is 5.60 Å². The van der Waals surface area contributed by atoms with Gasteiger partial charge in [0.1, 0.15) is 12.2 Å². The number of carbonyl (C=O) groups excluding carboxylic acids is 2. The Bertz CT molecular complexity index is 259. The number of methoxy groups -OCH3 is 1. The SMILES string of the molecule is COC(C)(C)C(=O)OC(C)C(C)OC(C)=O. The van der Waals surface area contributed by atoms with Crippen LogP contribution in [0.4, 0.5) is 0 Å². The van der Waals surface area contributed by atoms with Crippen LogP contribution in [-0.2, 0) is 23.8 Å². The van der Waals surface area contributed by atoms with E-state index in [2.05, 4.69) is 0 Å². The third-order valence-electron chi connectivity index (χ3n) is 2.31. The largest absolute Gasteiger partial charge is 0.459 e. The van der Waals surface area contributed by atoms with Gasteiger partial charge in [-0.3, -0.25) is 4.79 Å². The molecule has 16 heavy (non-hydrogen) atoms. The molecule has 0 saturated carbocycles. The first-order valence-corrected chi connectivity index (χ1v) is 5.14. The summed E-state index contributed by atoms with van der Waals surface area (Å²) < 4.78 is 15.0. The summed E-state index contributed by atoms with van der Waals surface area (Å²) in [4.78, 5) is 22.3. The van der Waals surface area contributed by atoms with Crippen LogP contribution in [0.15, 0.2) is 0 Å². The zero-order valence-electron chi connectivity index (χ0n) is 10.7. The molecule has 5 heteroatoms. The van der Waals surface area contributed by atoms with Gasteiger partial charge in [-0.2, -0.15) is 0 Å². The predicted molar refractivity (Wildman–Crippen MR) is 57.9 cm³/mol. The van der Waals surface area contributed by atoms with Crippen molar-refractivity contribution in [3.05, 3.63) is 0 Å². The van der Waals surface area contributed by atoms with Crippen LogP contribution in [0.1, 0.15) is 34.6 Å². The number of esters is 2. The summed E-state index contributed by atoms with van der Waals surface area (Å²) in [5, 5.41) is 0. The number of rotatable bonds is 5. The summed E-state index contributed by atoms with van der Waals surface area (Å²) in [5.74, 6) is -0.886. The van der Waals surface area contributed by atoms with Crippen molar-refractivity contribution in [1.82, 2.24) is 0 Å². The van der Waals surface area contributed by atoms with Crippen molar-refractivity contribution < 1.29 is 23.8 Å². The van der Waals surface area contributed by atoms with Crippen molar-refractivity contribution in [2.75, 3.05) is 7.11 Å². The monoisotopic (exact) mass is 232 g/mol. The summed E-state index contributed by atoms with van der Waals surface area (Å²) in [7, 11) is 1.43. The van der Waals surface area contributed by atoms with Crippen LogP contribution < -0.4 is 0 Å². The molecule has 0 aromatic carbocycles. The number of hydrogen-bond acceptors (Lipinski definition) is 5. The Labute approximate surface area is 96.1 Å². The van der Waals surface area contributed by atoms with Gasteiger partial charge in [0.05, 0.1) is 0 Å². The highest BCUT2D eigenvalue weighted by molar-refractivity contribution is 5.78. The molecule has 0 amide bonds. The van der Waals surface area contributed by atoms with E-state index in [0.29, 0.717) is 0 Å². The van der Waals surface area contributed by atoms with E-state index in [-0.39, 0.29) is 0 Å². The molecule has 0 N–H and O–H groups in total. The van der Waals surface area contributed by atoms with E-state index in [1.54, 1.807) is 27.7 Å². The molecule has 2 atom stereocenters. The number of carbonyl (C=O) groups is 2. The van der Waals surface area contributed by atoms with Crippen molar-refractivity contribution in [2.24, 2.45) is 0 Å². The van der Waals surface area contributed by atoms with Gasteiger partial charge in [-0.15, -0.1) is 0 Å². The molecule has 0 aliphatic rings. The molecule has 0 aliphatic heterocycles. The number of hydrogen-bond donors (Lipinski definition) is 0. The van der Waals surface area contributed by atoms with Crippen LogP contribution in [0.2, 0.25) is 0 Å². The Morgan fingerprint density at radius 2 is 1.50 bits per heavy atom. The van der Waals surface area contributed by atoms with Gasteiger partial charge in [-0.25, -0.2) is 4.79 Å². The molecule has 5 nitrogen and oxygen atoms in total. The maximum Gasteiger partial charge on any atom is 0.338 e. The minimum Gasteiger partial charge on any atom is -0.459 e. The first kappa shape index (κ1) is 14.9. The topological polar surface area (TPSA) is 61.8 Å². The third-order valence-corrected chi connectivity index (χ3v) is 2.31. The maximum absolute atomic E-state index is 11.6. The van der Waals surface area contributed by atoms with Gasteiger partial charge >= 0.3 is 11.9 Å². The minimum atomic E-state index is -0.996. The van der Waals surface area contributed by atoms with Gasteiger partial charge in [0, 0.05) is 14.0 Å². The average molecular weight is 232 g/mol. The van der Waals surface area contributed by atoms with Crippen molar-refractivity contribution in [3.8, 4) is 0 Å². The highest BCUT2D eigenvalue weighted by atomic mass is 16.6. The van der Waals surface area contributed by atoms with Crippen molar-refractivity contribution in [2.45, 2.75) is 52.4 Å². The molecule has 0 heterocycles. The fourth-order valence-corrected chi connectivity index (χ4v) is 0.847. The molecule has 0 bridgehead atoms. The van der Waals surface area contributed by atoms with Crippen LogP contribution >= 0.6 is 0 Å². The van der Waals surface area contributed by atoms with E-state index in [1.165, 1.54) is 14.0 Å². The fourth-order valence-electron chi connectivity index (χ4n) is 0.847. The molecule has 94 valence electrons. The lowest BCUT2D eigenvalue weighted by Crippen LogP contribution is -2.40. The molecule has 2 unspecified atom stereocenters. The molecule has 0 aromatic heterocycles. The van der Waals surface area contributed by atoms with Crippen molar-refractivity contribution in [3.63, 3.8) is 0 Å². The molecular formula is C11H20O5. The van der Waals surface area contributed by atoms with Gasteiger partial charge in [0.2, 0.25) is 0 Å². The van der Waals surface area contributed by atoms with E-state index < -0.39 is 29.7 Å². The molecule has 0 spiro atoms. The molecule has 0 fully saturated rings. The molecule has 0 rings (SSSR count). The lowest BCUT2D eigenvalue weighted by Gasteiger charge is -2.26. The molecule has 0 aromatic rings. The summed E-state index contributed by atoms with van der Waals surface area (Å²) in [5.41, 5.74) is -0.996. The van der Waals surface area contributed by atoms with Crippen molar-refractivity contribution in [1.29, 1.82) is 0 Å². The zero-order valence-corrected chi connectivity index (χ0v) is 10.7. The van der Waals surface area contributed by atoms with Crippen LogP contribution in [0.3, 0.4) is 0 Å². The smallest absolute Gasteiger partial charge is 0.338 e. The fraction of sp³-hybridized carbons (Fsp3) is 0.818. The number of ether oxygens (including phenoxy) is 3. The van der Waals surface area contributed by atoms with E-state index in [9.17, 15) is 9.59 Å². The summed E-state index contributed by atoms with van der Waals surface area (Å²) in [6, 6.07) is 0. The molecule has 0 aliphatic carbocycles. The van der Waals surface area contributed by atoms with Gasteiger partial charge in [-0.05, 0) is 27.7 Å². The quantitative estimate of drug-likeness (QED) is 0.668. The lowest BCUT2D eigenvalue weighted by molar-refractivity contribution is -0.179. The third kappa shape index (κ3) is 4.61. The van der Waals surface area contributed by atoms with E-state index in [4.69, 9.17) is 14.2 Å². The van der Waals surface area contributed by atoms with E-state index in [0.717, 1.165) is 0 Å². The summed E-state index contributed by atoms with van der Waals surface area (Å²) in [6.45, 7) is 7.86. The average Bonchev–Trinajstić information content (AvgIpc) is 2.16. The molecular weight excluding hydrogens is 212 g/mol. The molecule has 0 radical (unpaired) electrons. The lowest BCUT2D eigenvalue weighted by atomic mass is 10.1. The van der Waals surface area contributed by atoms with Gasteiger partial charge in [-0.1, -0.05) is 0 Å². The highest BCUT2D eigenvalue weighted by Crippen LogP contribution is 2.13. The highest BCUT2D eigenvalue weighted by Gasteiger charge is 2.31. The van der Waals surface area contributed by atoms with Gasteiger partial charge in [0.25, 0.3) is 0 Å². The predicted octanol–water partition coefficient (Wildman–Crippen LogP) is 1.29. The Balaban J connectivity index is 4.29. The Hall–Kier alpha value is -1.10. The van der Waals surface area contributed by atoms with E-state index >= 15 is 0 Å². The zero-order chi connectivity index (χ0) is 12.9. The summed E-state index contributed by atoms with van der Waals surface area (Å²) in [6.07, 6.45) is -0.986. The van der Waals surface area contributed by atoms with Crippen molar-refractivity contribution >= 4 is 11.9 Å². The van der Waals surface area contributed by atoms with Gasteiger partial charge < -0.3 is 14.2 Å². The van der Waals surface area contributed by atoms with Crippen LogP contribution in [-0.4, -0.2) is 36.9 Å². The van der Waals surface area contributed by atoms with Crippen LogP contribution in [0.25, 0.3) is 0 Å². The summed E-state index contributed by atoms with van der Waals surface area (Å²) >= 11 is 0. The van der Waals surface area contributed by atoms with E-state index in [1.807, 2.05) is 0 Å². The standard InChI is InChI=1S/C11H20O5/c1-7(15-9(3)12)8(2)16-10(13)11(4,5)14-6/h7-8H,1-6H3. The molecule has 0 saturated heterocycles. The normalized spacial score (nSPS) is 15.1. The Kier molecular flexibility index (Phi) is 5.44. The Morgan fingerprint density at radius 1 is 1.06 bits per heavy atom. The first-order chi connectivity index (χ1) is 7.20.